The van der Waals surface area contributed by atoms with E-state index in [2.05, 4.69) is 32.6 Å². The molecule has 1 atom stereocenters. The summed E-state index contributed by atoms with van der Waals surface area (Å²) < 4.78 is 0. The number of nitrogens with zero attached hydrogens (tertiary/aromatic N) is 4. The molecule has 7 heteroatoms. The highest BCUT2D eigenvalue weighted by atomic mass is 35.5. The molecule has 0 aromatic rings. The second-order valence-electron chi connectivity index (χ2n) is 7.95. The molecule has 3 rings (SSSR count). The van der Waals surface area contributed by atoms with Gasteiger partial charge in [-0.05, 0) is 50.6 Å². The quantitative estimate of drug-likeness (QED) is 0.485. The van der Waals surface area contributed by atoms with Crippen LogP contribution in [0.2, 0.25) is 0 Å². The number of aliphatic imine (C=N–C) groups is 1. The number of carbonyl (C=O) groups is 1. The second-order valence-corrected chi connectivity index (χ2v) is 9.25. The molecule has 1 spiro atoms. The van der Waals surface area contributed by atoms with Crippen LogP contribution in [-0.4, -0.2) is 59.7 Å². The number of carbonyl (C=O) groups excluding carboxylic acids is 1. The van der Waals surface area contributed by atoms with E-state index in [-0.39, 0.29) is 11.4 Å². The third-order valence-electron chi connectivity index (χ3n) is 5.47. The molecule has 3 aliphatic heterocycles. The van der Waals surface area contributed by atoms with Crippen molar-refractivity contribution in [2.24, 2.45) is 10.4 Å². The van der Waals surface area contributed by atoms with Gasteiger partial charge in [0.2, 0.25) is 0 Å². The maximum absolute atomic E-state index is 13.0. The highest BCUT2D eigenvalue weighted by Gasteiger charge is 2.54. The summed E-state index contributed by atoms with van der Waals surface area (Å²) in [5, 5.41) is 1.85. The molecule has 28 heavy (non-hydrogen) atoms. The van der Waals surface area contributed by atoms with Crippen molar-refractivity contribution in [2.75, 3.05) is 32.7 Å². The number of hydrogen-bond acceptors (Lipinski definition) is 3. The molecular weight excluding hydrogens is 391 g/mol. The van der Waals surface area contributed by atoms with Crippen LogP contribution in [0.25, 0.3) is 0 Å². The summed E-state index contributed by atoms with van der Waals surface area (Å²) >= 11 is 6.16. The van der Waals surface area contributed by atoms with E-state index in [1.165, 1.54) is 0 Å². The average molecular weight is 421 g/mol. The molecule has 0 aromatic carbocycles. The Hall–Kier alpha value is -1.58. The second kappa shape index (κ2) is 8.84. The van der Waals surface area contributed by atoms with Gasteiger partial charge < -0.3 is 9.80 Å². The van der Waals surface area contributed by atoms with Crippen LogP contribution in [0.3, 0.4) is 0 Å². The van der Waals surface area contributed by atoms with Crippen LogP contribution in [0.15, 0.2) is 51.7 Å². The average Bonchev–Trinajstić information content (AvgIpc) is 2.58. The normalized spacial score (nSPS) is 26.4. The molecule has 3 heterocycles. The lowest BCUT2D eigenvalue weighted by molar-refractivity contribution is -0.0832. The Balaban J connectivity index is 1.58. The van der Waals surface area contributed by atoms with E-state index in [0.717, 1.165) is 56.6 Å². The third-order valence-corrected chi connectivity index (χ3v) is 6.01. The first kappa shape index (κ1) is 21.1. The van der Waals surface area contributed by atoms with E-state index in [0.29, 0.717) is 17.3 Å². The van der Waals surface area contributed by atoms with Crippen molar-refractivity contribution >= 4 is 33.1 Å². The van der Waals surface area contributed by atoms with Gasteiger partial charge in [-0.3, -0.25) is 4.90 Å². The Bertz CT molecular complexity index is 752. The molecule has 0 aliphatic carbocycles. The van der Waals surface area contributed by atoms with Crippen molar-refractivity contribution in [1.82, 2.24) is 14.7 Å². The van der Waals surface area contributed by atoms with Crippen LogP contribution in [-0.2, 0) is 0 Å². The zero-order chi connectivity index (χ0) is 20.3. The number of rotatable bonds is 2. The third kappa shape index (κ3) is 4.52. The minimum atomic E-state index is 0.0592. The molecule has 3 aliphatic rings. The zero-order valence-electron chi connectivity index (χ0n) is 16.8. The molecule has 0 N–H and O–H groups in total. The lowest BCUT2D eigenvalue weighted by Crippen LogP contribution is -2.73. The van der Waals surface area contributed by atoms with Gasteiger partial charge in [0.05, 0.1) is 0 Å². The number of hydrogen-bond donors (Lipinski definition) is 0. The van der Waals surface area contributed by atoms with Gasteiger partial charge in [-0.25, -0.2) is 9.79 Å². The van der Waals surface area contributed by atoms with E-state index in [9.17, 15) is 4.79 Å². The van der Waals surface area contributed by atoms with Crippen LogP contribution < -0.4 is 0 Å². The van der Waals surface area contributed by atoms with Crippen LogP contribution >= 0.6 is 20.8 Å². The maximum atomic E-state index is 13.0. The van der Waals surface area contributed by atoms with Gasteiger partial charge in [0.15, 0.2) is 0 Å². The molecule has 0 bridgehead atoms. The van der Waals surface area contributed by atoms with Gasteiger partial charge in [-0.1, -0.05) is 24.3 Å². The van der Waals surface area contributed by atoms with E-state index in [1.807, 2.05) is 36.3 Å². The van der Waals surface area contributed by atoms with Crippen LogP contribution in [0, 0.1) is 5.41 Å². The molecule has 5 nitrogen and oxygen atoms in total. The summed E-state index contributed by atoms with van der Waals surface area (Å²) in [5.41, 5.74) is 0.917. The Morgan fingerprint density at radius 3 is 2.57 bits per heavy atom. The van der Waals surface area contributed by atoms with Crippen molar-refractivity contribution in [1.29, 1.82) is 0 Å². The summed E-state index contributed by atoms with van der Waals surface area (Å²) in [5.74, 6) is 1.03. The monoisotopic (exact) mass is 420 g/mol. The summed E-state index contributed by atoms with van der Waals surface area (Å²) in [7, 11) is 2.74. The van der Waals surface area contributed by atoms with Crippen molar-refractivity contribution in [2.45, 2.75) is 33.1 Å². The number of urea groups is 1. The lowest BCUT2D eigenvalue weighted by atomic mass is 9.73. The maximum Gasteiger partial charge on any atom is 0.324 e. The molecule has 2 amide bonds. The first-order chi connectivity index (χ1) is 13.3. The minimum absolute atomic E-state index is 0.0592. The van der Waals surface area contributed by atoms with Crippen molar-refractivity contribution < 1.29 is 4.79 Å². The predicted molar refractivity (Wildman–Crippen MR) is 120 cm³/mol. The number of likely N-dealkylation sites (tertiary alicyclic amines) is 2. The Morgan fingerprint density at radius 2 is 1.93 bits per heavy atom. The summed E-state index contributed by atoms with van der Waals surface area (Å²) in [6.45, 7) is 12.3. The predicted octanol–water partition coefficient (Wildman–Crippen LogP) is 4.56. The Labute approximate surface area is 175 Å². The van der Waals surface area contributed by atoms with E-state index in [1.54, 1.807) is 4.90 Å². The number of halogens is 1. The topological polar surface area (TPSA) is 39.2 Å². The molecule has 152 valence electrons. The van der Waals surface area contributed by atoms with Gasteiger partial charge in [0, 0.05) is 55.1 Å². The summed E-state index contributed by atoms with van der Waals surface area (Å²) in [6.07, 6.45) is 10.4. The largest absolute Gasteiger partial charge is 0.355 e. The molecule has 0 aromatic heterocycles. The van der Waals surface area contributed by atoms with Gasteiger partial charge >= 0.3 is 6.03 Å². The van der Waals surface area contributed by atoms with Gasteiger partial charge in [0.25, 0.3) is 0 Å². The molecule has 0 saturated carbocycles. The zero-order valence-corrected chi connectivity index (χ0v) is 18.7. The molecule has 0 radical (unpaired) electrons. The van der Waals surface area contributed by atoms with Crippen LogP contribution in [0.4, 0.5) is 4.79 Å². The van der Waals surface area contributed by atoms with E-state index in [4.69, 9.17) is 11.6 Å². The van der Waals surface area contributed by atoms with Crippen molar-refractivity contribution in [3.63, 3.8) is 0 Å². The first-order valence-electron chi connectivity index (χ1n) is 9.84. The fourth-order valence-corrected chi connectivity index (χ4v) is 4.52. The summed E-state index contributed by atoms with van der Waals surface area (Å²) in [6, 6.07) is 0.0592. The first-order valence-corrected chi connectivity index (χ1v) is 10.8. The lowest BCUT2D eigenvalue weighted by Gasteiger charge is -2.61. The minimum Gasteiger partial charge on any atom is -0.355 e. The summed E-state index contributed by atoms with van der Waals surface area (Å²) in [4.78, 5) is 23.6. The van der Waals surface area contributed by atoms with Gasteiger partial charge in [-0.15, -0.1) is 9.24 Å². The number of amides is 2. The highest BCUT2D eigenvalue weighted by Crippen LogP contribution is 2.43. The smallest absolute Gasteiger partial charge is 0.324 e. The van der Waals surface area contributed by atoms with Crippen molar-refractivity contribution in [3.05, 3.63) is 46.7 Å². The fourth-order valence-electron chi connectivity index (χ4n) is 4.09. The molecule has 2 fully saturated rings. The highest BCUT2D eigenvalue weighted by molar-refractivity contribution is 7.22. The number of allylic oxidation sites excluding steroid dienone is 5. The SMILES string of the molecule is C=C1/C=C\C(Cl)=C/CCCCN1C(=O)N1CC2(C1)CN(/C(N=CC)=C(/C)P)C2. The Kier molecular flexibility index (Phi) is 6.67. The standard InChI is InChI=1S/C21H30ClN4OP/c1-4-23-19(17(3)28)24-12-21(13-24)14-25(15-21)20(27)26-11-7-5-6-8-18(22)10-9-16(26)2/h4,8-10H,2,5-7,11-15,28H2,1,3H3/b10-9-,18-8+,19-17-,23-4?. The molecule has 1 unspecified atom stereocenters. The van der Waals surface area contributed by atoms with Crippen molar-refractivity contribution in [3.8, 4) is 0 Å². The molecule has 2 saturated heterocycles. The Morgan fingerprint density at radius 1 is 1.25 bits per heavy atom. The van der Waals surface area contributed by atoms with Gasteiger partial charge in [0.1, 0.15) is 5.82 Å². The van der Waals surface area contributed by atoms with E-state index < -0.39 is 0 Å². The molecular formula is C21H30ClN4OP. The van der Waals surface area contributed by atoms with Crippen LogP contribution in [0.1, 0.15) is 33.1 Å². The van der Waals surface area contributed by atoms with Crippen LogP contribution in [0.5, 0.6) is 0 Å². The van der Waals surface area contributed by atoms with E-state index >= 15 is 0 Å². The fraction of sp³-hybridized carbons (Fsp3) is 0.524. The van der Waals surface area contributed by atoms with Gasteiger partial charge in [-0.2, -0.15) is 0 Å².